The number of aromatic nitrogens is 2. The highest BCUT2D eigenvalue weighted by molar-refractivity contribution is 6.33. The smallest absolute Gasteiger partial charge is 0.120 e. The predicted octanol–water partition coefficient (Wildman–Crippen LogP) is 5.02. The first-order valence-electron chi connectivity index (χ1n) is 8.72. The zero-order valence-corrected chi connectivity index (χ0v) is 16.1. The summed E-state index contributed by atoms with van der Waals surface area (Å²) in [6, 6.07) is 11.7. The van der Waals surface area contributed by atoms with Gasteiger partial charge in [0, 0.05) is 19.2 Å². The Balaban J connectivity index is 2.16. The topological polar surface area (TPSA) is 29.8 Å². The number of methoxy groups -OCH3 is 1. The summed E-state index contributed by atoms with van der Waals surface area (Å²) >= 11 is 6.48. The maximum atomic E-state index is 12.6. The van der Waals surface area contributed by atoms with E-state index in [-0.39, 0.29) is 6.67 Å². The molecule has 6 heteroatoms. The van der Waals surface area contributed by atoms with Gasteiger partial charge in [0.15, 0.2) is 0 Å². The molecule has 2 aromatic heterocycles. The summed E-state index contributed by atoms with van der Waals surface area (Å²) in [6.45, 7) is 2.41. The summed E-state index contributed by atoms with van der Waals surface area (Å²) in [5, 5.41) is 5.42. The van der Waals surface area contributed by atoms with Gasteiger partial charge in [-0.05, 0) is 43.2 Å². The van der Waals surface area contributed by atoms with Crippen molar-refractivity contribution in [1.29, 1.82) is 0 Å². The van der Waals surface area contributed by atoms with E-state index in [1.165, 1.54) is 0 Å². The highest BCUT2D eigenvalue weighted by Crippen LogP contribution is 2.34. The fourth-order valence-electron chi connectivity index (χ4n) is 3.20. The number of aryl methyl sites for hydroxylation is 1. The molecule has 3 rings (SSSR count). The van der Waals surface area contributed by atoms with Gasteiger partial charge in [-0.2, -0.15) is 5.10 Å². The summed E-state index contributed by atoms with van der Waals surface area (Å²) < 4.78 is 19.8. The molecule has 0 aliphatic carbocycles. The van der Waals surface area contributed by atoms with Crippen molar-refractivity contribution in [2.75, 3.05) is 32.3 Å². The lowest BCUT2D eigenvalue weighted by Gasteiger charge is -2.18. The van der Waals surface area contributed by atoms with E-state index >= 15 is 0 Å². The van der Waals surface area contributed by atoms with E-state index < -0.39 is 0 Å². The minimum absolute atomic E-state index is 0.322. The fourth-order valence-corrected chi connectivity index (χ4v) is 3.47. The first kappa shape index (κ1) is 18.5. The van der Waals surface area contributed by atoms with Gasteiger partial charge in [-0.1, -0.05) is 24.6 Å². The molecule has 2 heterocycles. The Morgan fingerprint density at radius 2 is 2.08 bits per heavy atom. The first-order chi connectivity index (χ1) is 12.6. The monoisotopic (exact) mass is 375 g/mol. The molecule has 0 spiro atoms. The minimum atomic E-state index is -0.322. The van der Waals surface area contributed by atoms with Crippen molar-refractivity contribution in [3.05, 3.63) is 47.1 Å². The molecule has 0 saturated heterocycles. The van der Waals surface area contributed by atoms with Gasteiger partial charge in [-0.15, -0.1) is 0 Å². The van der Waals surface area contributed by atoms with Crippen molar-refractivity contribution in [2.24, 2.45) is 0 Å². The molecule has 0 aliphatic heterocycles. The van der Waals surface area contributed by atoms with Gasteiger partial charge in [0.05, 0.1) is 41.4 Å². The van der Waals surface area contributed by atoms with Crippen molar-refractivity contribution >= 4 is 22.8 Å². The van der Waals surface area contributed by atoms with E-state index in [0.29, 0.717) is 23.7 Å². The van der Waals surface area contributed by atoms with Gasteiger partial charge < -0.3 is 9.64 Å². The van der Waals surface area contributed by atoms with Crippen LogP contribution in [0.5, 0.6) is 5.75 Å². The van der Waals surface area contributed by atoms with Crippen molar-refractivity contribution in [1.82, 2.24) is 9.61 Å². The largest absolute Gasteiger partial charge is 0.497 e. The Labute approximate surface area is 158 Å². The van der Waals surface area contributed by atoms with Crippen molar-refractivity contribution in [3.8, 4) is 17.0 Å². The number of hydrogen-bond acceptors (Lipinski definition) is 3. The first-order valence-corrected chi connectivity index (χ1v) is 9.10. The molecule has 0 bridgehead atoms. The van der Waals surface area contributed by atoms with E-state index in [1.807, 2.05) is 41.9 Å². The lowest BCUT2D eigenvalue weighted by Crippen LogP contribution is -2.19. The van der Waals surface area contributed by atoms with Crippen LogP contribution in [-0.4, -0.2) is 37.0 Å². The van der Waals surface area contributed by atoms with Crippen LogP contribution in [-0.2, 0) is 6.42 Å². The lowest BCUT2D eigenvalue weighted by molar-refractivity contribution is 0.415. The van der Waals surface area contributed by atoms with Crippen LogP contribution in [0.2, 0.25) is 5.02 Å². The molecular weight excluding hydrogens is 353 g/mol. The molecule has 0 aliphatic rings. The highest BCUT2D eigenvalue weighted by atomic mass is 35.5. The quantitative estimate of drug-likeness (QED) is 0.580. The van der Waals surface area contributed by atoms with Crippen LogP contribution in [0.3, 0.4) is 0 Å². The van der Waals surface area contributed by atoms with Crippen molar-refractivity contribution in [3.63, 3.8) is 0 Å². The molecule has 0 atom stereocenters. The Kier molecular flexibility index (Phi) is 5.67. The lowest BCUT2D eigenvalue weighted by atomic mass is 10.1. The molecule has 4 nitrogen and oxygen atoms in total. The summed E-state index contributed by atoms with van der Waals surface area (Å²) in [5.41, 5.74) is 4.83. The summed E-state index contributed by atoms with van der Waals surface area (Å²) in [5.74, 6) is 0.715. The third-order valence-electron chi connectivity index (χ3n) is 4.50. The zero-order chi connectivity index (χ0) is 18.7. The van der Waals surface area contributed by atoms with E-state index in [4.69, 9.17) is 21.4 Å². The van der Waals surface area contributed by atoms with E-state index in [9.17, 15) is 4.39 Å². The van der Waals surface area contributed by atoms with Crippen LogP contribution < -0.4 is 9.64 Å². The maximum absolute atomic E-state index is 12.6. The SMILES string of the molecule is CCc1nn2c(-c3ccc(OC)cc3Cl)cccc2c1N(C)CCCF. The number of nitrogens with zero attached hydrogens (tertiary/aromatic N) is 3. The van der Waals surface area contributed by atoms with Gasteiger partial charge in [-0.25, -0.2) is 4.52 Å². The molecule has 0 N–H and O–H groups in total. The second-order valence-electron chi connectivity index (χ2n) is 6.17. The molecule has 0 unspecified atom stereocenters. The summed E-state index contributed by atoms with van der Waals surface area (Å²) in [4.78, 5) is 2.08. The number of hydrogen-bond donors (Lipinski definition) is 0. The number of benzene rings is 1. The highest BCUT2D eigenvalue weighted by Gasteiger charge is 2.18. The van der Waals surface area contributed by atoms with Gasteiger partial charge in [0.1, 0.15) is 5.75 Å². The number of anilines is 1. The van der Waals surface area contributed by atoms with Crippen molar-refractivity contribution in [2.45, 2.75) is 19.8 Å². The van der Waals surface area contributed by atoms with Crippen LogP contribution in [0.25, 0.3) is 16.8 Å². The van der Waals surface area contributed by atoms with Crippen molar-refractivity contribution < 1.29 is 9.13 Å². The Morgan fingerprint density at radius 1 is 1.27 bits per heavy atom. The predicted molar refractivity (Wildman–Crippen MR) is 105 cm³/mol. The average Bonchev–Trinajstić information content (AvgIpc) is 3.05. The summed E-state index contributed by atoms with van der Waals surface area (Å²) in [6.07, 6.45) is 1.30. The molecule has 0 saturated carbocycles. The third kappa shape index (κ3) is 3.36. The van der Waals surface area contributed by atoms with E-state index in [0.717, 1.165) is 34.6 Å². The fraction of sp³-hybridized carbons (Fsp3) is 0.350. The Morgan fingerprint density at radius 3 is 2.73 bits per heavy atom. The number of ether oxygens (including phenoxy) is 1. The molecule has 3 aromatic rings. The van der Waals surface area contributed by atoms with Crippen LogP contribution in [0.1, 0.15) is 19.0 Å². The van der Waals surface area contributed by atoms with E-state index in [1.54, 1.807) is 13.2 Å². The number of pyridine rings is 1. The van der Waals surface area contributed by atoms with Crippen LogP contribution >= 0.6 is 11.6 Å². The standard InChI is InChI=1S/C20H23ClFN3O/c1-4-17-20(24(2)12-6-11-22)19-8-5-7-18(25(19)23-17)15-10-9-14(26-3)13-16(15)21/h5,7-10,13H,4,6,11-12H2,1-3H3. The molecule has 138 valence electrons. The molecular formula is C20H23ClFN3O. The Hall–Kier alpha value is -2.27. The Bertz CT molecular complexity index is 909. The van der Waals surface area contributed by atoms with Crippen LogP contribution in [0, 0.1) is 0 Å². The molecule has 0 amide bonds. The van der Waals surface area contributed by atoms with Gasteiger partial charge in [-0.3, -0.25) is 4.39 Å². The number of halogens is 2. The number of rotatable bonds is 7. The second-order valence-corrected chi connectivity index (χ2v) is 6.57. The summed E-state index contributed by atoms with van der Waals surface area (Å²) in [7, 11) is 3.60. The normalized spacial score (nSPS) is 11.1. The molecule has 0 radical (unpaired) electrons. The molecule has 26 heavy (non-hydrogen) atoms. The van der Waals surface area contributed by atoms with Gasteiger partial charge in [0.25, 0.3) is 0 Å². The van der Waals surface area contributed by atoms with Gasteiger partial charge in [0.2, 0.25) is 0 Å². The minimum Gasteiger partial charge on any atom is -0.497 e. The van der Waals surface area contributed by atoms with E-state index in [2.05, 4.69) is 11.8 Å². The molecule has 0 fully saturated rings. The maximum Gasteiger partial charge on any atom is 0.120 e. The zero-order valence-electron chi connectivity index (χ0n) is 15.3. The van der Waals surface area contributed by atoms with Crippen LogP contribution in [0.4, 0.5) is 10.1 Å². The average molecular weight is 376 g/mol. The van der Waals surface area contributed by atoms with Gasteiger partial charge >= 0.3 is 0 Å². The number of alkyl halides is 1. The molecule has 1 aromatic carbocycles. The van der Waals surface area contributed by atoms with Crippen LogP contribution in [0.15, 0.2) is 36.4 Å². The number of fused-ring (bicyclic) bond motifs is 1. The third-order valence-corrected chi connectivity index (χ3v) is 4.81. The second kappa shape index (κ2) is 7.96.